The van der Waals surface area contributed by atoms with Crippen LogP contribution in [0.25, 0.3) is 0 Å². The Morgan fingerprint density at radius 2 is 1.77 bits per heavy atom. The van der Waals surface area contributed by atoms with Gasteiger partial charge < -0.3 is 15.0 Å². The summed E-state index contributed by atoms with van der Waals surface area (Å²) in [5, 5.41) is 3.39. The maximum Gasteiger partial charge on any atom is 0.244 e. The van der Waals surface area contributed by atoms with Crippen molar-refractivity contribution < 1.29 is 22.7 Å². The van der Waals surface area contributed by atoms with E-state index in [9.17, 15) is 18.0 Å². The SMILES string of the molecule is CC[C@@H](C)NC(=O)[C@H](CC)N(Cc1ccccc1Cl)C(=O)CN(c1cccc(OC)c1)S(C)(=O)=O. The Labute approximate surface area is 213 Å². The van der Waals surface area contributed by atoms with Gasteiger partial charge in [0.25, 0.3) is 0 Å². The van der Waals surface area contributed by atoms with E-state index in [1.165, 1.54) is 12.0 Å². The van der Waals surface area contributed by atoms with E-state index in [0.717, 1.165) is 17.0 Å². The Hall–Kier alpha value is -2.78. The van der Waals surface area contributed by atoms with Crippen molar-refractivity contribution in [2.75, 3.05) is 24.2 Å². The van der Waals surface area contributed by atoms with Crippen molar-refractivity contribution in [1.82, 2.24) is 10.2 Å². The lowest BCUT2D eigenvalue weighted by molar-refractivity contribution is -0.140. The Kier molecular flexibility index (Phi) is 10.4. The first-order valence-electron chi connectivity index (χ1n) is 11.5. The number of methoxy groups -OCH3 is 1. The quantitative estimate of drug-likeness (QED) is 0.456. The zero-order valence-corrected chi connectivity index (χ0v) is 22.4. The number of hydrogen-bond acceptors (Lipinski definition) is 5. The fraction of sp³-hybridized carbons (Fsp3) is 0.440. The molecule has 0 bridgehead atoms. The van der Waals surface area contributed by atoms with Crippen LogP contribution in [0.5, 0.6) is 5.75 Å². The minimum atomic E-state index is -3.82. The average Bonchev–Trinajstić information content (AvgIpc) is 2.82. The number of hydrogen-bond donors (Lipinski definition) is 1. The molecule has 2 aromatic carbocycles. The number of anilines is 1. The number of carbonyl (C=O) groups is 2. The lowest BCUT2D eigenvalue weighted by atomic mass is 10.1. The highest BCUT2D eigenvalue weighted by molar-refractivity contribution is 7.92. The number of amides is 2. The molecule has 0 spiro atoms. The predicted octanol–water partition coefficient (Wildman–Crippen LogP) is 3.84. The summed E-state index contributed by atoms with van der Waals surface area (Å²) in [4.78, 5) is 28.2. The van der Waals surface area contributed by atoms with Crippen LogP contribution in [0.1, 0.15) is 39.2 Å². The Balaban J connectivity index is 2.46. The predicted molar refractivity (Wildman–Crippen MR) is 139 cm³/mol. The molecule has 10 heteroatoms. The number of rotatable bonds is 12. The second-order valence-electron chi connectivity index (χ2n) is 8.33. The minimum Gasteiger partial charge on any atom is -0.497 e. The molecule has 2 amide bonds. The zero-order valence-electron chi connectivity index (χ0n) is 20.8. The van der Waals surface area contributed by atoms with E-state index >= 15 is 0 Å². The third-order valence-electron chi connectivity index (χ3n) is 5.71. The molecule has 0 heterocycles. The second kappa shape index (κ2) is 12.8. The van der Waals surface area contributed by atoms with Crippen molar-refractivity contribution in [3.8, 4) is 5.75 Å². The smallest absolute Gasteiger partial charge is 0.244 e. The number of nitrogens with zero attached hydrogens (tertiary/aromatic N) is 2. The fourth-order valence-electron chi connectivity index (χ4n) is 3.55. The molecule has 0 fully saturated rings. The molecule has 0 aliphatic rings. The van der Waals surface area contributed by atoms with E-state index in [1.54, 1.807) is 48.5 Å². The highest BCUT2D eigenvalue weighted by atomic mass is 35.5. The van der Waals surface area contributed by atoms with Gasteiger partial charge in [-0.1, -0.05) is 49.7 Å². The first kappa shape index (κ1) is 28.5. The maximum atomic E-state index is 13.7. The van der Waals surface area contributed by atoms with Gasteiger partial charge in [-0.2, -0.15) is 0 Å². The molecule has 0 radical (unpaired) electrons. The summed E-state index contributed by atoms with van der Waals surface area (Å²) in [6.45, 7) is 5.23. The van der Waals surface area contributed by atoms with Crippen LogP contribution in [0, 0.1) is 0 Å². The van der Waals surface area contributed by atoms with E-state index in [4.69, 9.17) is 16.3 Å². The standard InChI is InChI=1S/C25H34ClN3O5S/c1-6-18(3)27-25(31)23(7-2)28(16-19-11-8-9-14-22(19)26)24(30)17-29(35(5,32)33)20-12-10-13-21(15-20)34-4/h8-15,18,23H,6-7,16-17H2,1-5H3,(H,27,31)/t18-,23+/m1/s1. The largest absolute Gasteiger partial charge is 0.497 e. The van der Waals surface area contributed by atoms with Gasteiger partial charge in [-0.15, -0.1) is 0 Å². The maximum absolute atomic E-state index is 13.7. The summed E-state index contributed by atoms with van der Waals surface area (Å²) in [5.74, 6) is -0.366. The van der Waals surface area contributed by atoms with Crippen LogP contribution in [-0.4, -0.2) is 57.1 Å². The first-order valence-corrected chi connectivity index (χ1v) is 13.7. The second-order valence-corrected chi connectivity index (χ2v) is 10.6. The molecule has 35 heavy (non-hydrogen) atoms. The number of carbonyl (C=O) groups excluding carboxylic acids is 2. The molecule has 0 saturated carbocycles. The summed E-state index contributed by atoms with van der Waals surface area (Å²) >= 11 is 6.36. The van der Waals surface area contributed by atoms with Gasteiger partial charge in [-0.3, -0.25) is 13.9 Å². The van der Waals surface area contributed by atoms with Crippen LogP contribution in [-0.2, 0) is 26.2 Å². The third kappa shape index (κ3) is 7.86. The third-order valence-corrected chi connectivity index (χ3v) is 7.22. The molecule has 0 unspecified atom stereocenters. The van der Waals surface area contributed by atoms with Crippen molar-refractivity contribution in [1.29, 1.82) is 0 Å². The molecule has 0 saturated heterocycles. The molecule has 2 rings (SSSR count). The Morgan fingerprint density at radius 3 is 2.34 bits per heavy atom. The topological polar surface area (TPSA) is 96.0 Å². The van der Waals surface area contributed by atoms with Gasteiger partial charge in [0.1, 0.15) is 18.3 Å². The van der Waals surface area contributed by atoms with E-state index in [-0.39, 0.29) is 24.2 Å². The van der Waals surface area contributed by atoms with E-state index in [0.29, 0.717) is 22.8 Å². The van der Waals surface area contributed by atoms with Crippen LogP contribution < -0.4 is 14.4 Å². The molecule has 2 aromatic rings. The molecule has 0 aliphatic heterocycles. The molecular formula is C25H34ClN3O5S. The summed E-state index contributed by atoms with van der Waals surface area (Å²) in [6, 6.07) is 12.6. The fourth-order valence-corrected chi connectivity index (χ4v) is 4.59. The lowest BCUT2D eigenvalue weighted by Gasteiger charge is -2.33. The first-order chi connectivity index (χ1) is 16.5. The Bertz CT molecular complexity index is 1130. The Morgan fingerprint density at radius 1 is 1.09 bits per heavy atom. The number of ether oxygens (including phenoxy) is 1. The molecule has 0 aromatic heterocycles. The molecule has 2 atom stereocenters. The van der Waals surface area contributed by atoms with Crippen molar-refractivity contribution in [2.24, 2.45) is 0 Å². The van der Waals surface area contributed by atoms with Crippen LogP contribution in [0.2, 0.25) is 5.02 Å². The van der Waals surface area contributed by atoms with Crippen LogP contribution in [0.4, 0.5) is 5.69 Å². The van der Waals surface area contributed by atoms with Crippen LogP contribution in [0.15, 0.2) is 48.5 Å². The van der Waals surface area contributed by atoms with Crippen LogP contribution >= 0.6 is 11.6 Å². The molecule has 8 nitrogen and oxygen atoms in total. The van der Waals surface area contributed by atoms with Gasteiger partial charge in [0.2, 0.25) is 21.8 Å². The summed E-state index contributed by atoms with van der Waals surface area (Å²) in [6.07, 6.45) is 2.11. The molecule has 192 valence electrons. The van der Waals surface area contributed by atoms with Gasteiger partial charge in [-0.05, 0) is 43.5 Å². The highest BCUT2D eigenvalue weighted by Crippen LogP contribution is 2.25. The van der Waals surface area contributed by atoms with E-state index in [2.05, 4.69) is 5.32 Å². The van der Waals surface area contributed by atoms with Crippen molar-refractivity contribution in [3.05, 3.63) is 59.1 Å². The summed E-state index contributed by atoms with van der Waals surface area (Å²) in [5.41, 5.74) is 0.944. The average molecular weight is 524 g/mol. The van der Waals surface area contributed by atoms with Gasteiger partial charge in [0.15, 0.2) is 0 Å². The van der Waals surface area contributed by atoms with Gasteiger partial charge in [0.05, 0.1) is 19.1 Å². The minimum absolute atomic E-state index is 0.0562. The monoisotopic (exact) mass is 523 g/mol. The normalized spacial score (nSPS) is 13.0. The van der Waals surface area contributed by atoms with E-state index in [1.807, 2.05) is 20.8 Å². The van der Waals surface area contributed by atoms with Crippen molar-refractivity contribution >= 4 is 39.1 Å². The number of nitrogens with one attached hydrogen (secondary N) is 1. The lowest BCUT2D eigenvalue weighted by Crippen LogP contribution is -2.53. The highest BCUT2D eigenvalue weighted by Gasteiger charge is 2.32. The van der Waals surface area contributed by atoms with Gasteiger partial charge >= 0.3 is 0 Å². The number of benzene rings is 2. The molecule has 0 aliphatic carbocycles. The van der Waals surface area contributed by atoms with E-state index < -0.39 is 28.5 Å². The summed E-state index contributed by atoms with van der Waals surface area (Å²) < 4.78 is 31.6. The zero-order chi connectivity index (χ0) is 26.2. The molecular weight excluding hydrogens is 490 g/mol. The number of halogens is 1. The number of sulfonamides is 1. The summed E-state index contributed by atoms with van der Waals surface area (Å²) in [7, 11) is -2.35. The van der Waals surface area contributed by atoms with Crippen molar-refractivity contribution in [3.63, 3.8) is 0 Å². The molecule has 1 N–H and O–H groups in total. The van der Waals surface area contributed by atoms with Gasteiger partial charge in [-0.25, -0.2) is 8.42 Å². The van der Waals surface area contributed by atoms with Gasteiger partial charge in [0, 0.05) is 23.7 Å². The van der Waals surface area contributed by atoms with Crippen molar-refractivity contribution in [2.45, 2.75) is 52.2 Å². The van der Waals surface area contributed by atoms with Crippen LogP contribution in [0.3, 0.4) is 0 Å².